The third-order valence-corrected chi connectivity index (χ3v) is 5.55. The topological polar surface area (TPSA) is 32.8 Å². The zero-order valence-corrected chi connectivity index (χ0v) is 16.9. The lowest BCUT2D eigenvalue weighted by atomic mass is 9.89. The summed E-state index contributed by atoms with van der Waals surface area (Å²) in [5.74, 6) is -0.295. The van der Waals surface area contributed by atoms with Crippen molar-refractivity contribution in [3.05, 3.63) is 28.3 Å². The second-order valence-corrected chi connectivity index (χ2v) is 7.47. The van der Waals surface area contributed by atoms with E-state index in [4.69, 9.17) is 16.3 Å². The number of benzene rings is 1. The summed E-state index contributed by atoms with van der Waals surface area (Å²) in [7, 11) is 4.32. The van der Waals surface area contributed by atoms with Crippen LogP contribution in [-0.4, -0.2) is 50.2 Å². The first-order valence-electron chi connectivity index (χ1n) is 9.29. The molecule has 0 N–H and O–H groups in total. The molecular weight excluding hydrogens is 336 g/mol. The van der Waals surface area contributed by atoms with E-state index in [2.05, 4.69) is 30.8 Å². The van der Waals surface area contributed by atoms with Crippen LogP contribution in [0.15, 0.2) is 12.1 Å². The van der Waals surface area contributed by atoms with E-state index in [1.165, 1.54) is 12.8 Å². The first-order chi connectivity index (χ1) is 11.9. The van der Waals surface area contributed by atoms with Crippen molar-refractivity contribution in [2.75, 3.05) is 32.1 Å². The maximum absolute atomic E-state index is 12.3. The second-order valence-electron chi connectivity index (χ2n) is 7.03. The van der Waals surface area contributed by atoms with Gasteiger partial charge in [-0.15, -0.1) is 0 Å². The SMILES string of the molecule is CCOC(=O)c1cc(Cl)cc(N(CC)C2CCC(N(C)C)CC2)c1C. The summed E-state index contributed by atoms with van der Waals surface area (Å²) in [6.07, 6.45) is 4.74. The molecule has 2 rings (SSSR count). The molecule has 25 heavy (non-hydrogen) atoms. The zero-order valence-electron chi connectivity index (χ0n) is 16.1. The molecule has 0 bridgehead atoms. The van der Waals surface area contributed by atoms with E-state index in [1.807, 2.05) is 19.9 Å². The Morgan fingerprint density at radius 2 is 1.76 bits per heavy atom. The molecule has 1 aliphatic carbocycles. The number of carbonyl (C=O) groups is 1. The zero-order chi connectivity index (χ0) is 18.6. The number of carbonyl (C=O) groups excluding carboxylic acids is 1. The van der Waals surface area contributed by atoms with Crippen LogP contribution in [0.1, 0.15) is 55.5 Å². The number of rotatable bonds is 6. The van der Waals surface area contributed by atoms with Gasteiger partial charge in [0.25, 0.3) is 0 Å². The van der Waals surface area contributed by atoms with Crippen LogP contribution in [0.2, 0.25) is 5.02 Å². The third-order valence-electron chi connectivity index (χ3n) is 5.33. The van der Waals surface area contributed by atoms with Crippen molar-refractivity contribution in [2.45, 2.75) is 58.5 Å². The van der Waals surface area contributed by atoms with Gasteiger partial charge in [-0.25, -0.2) is 4.79 Å². The lowest BCUT2D eigenvalue weighted by Gasteiger charge is -2.40. The van der Waals surface area contributed by atoms with Crippen molar-refractivity contribution in [2.24, 2.45) is 0 Å². The highest BCUT2D eigenvalue weighted by atomic mass is 35.5. The Morgan fingerprint density at radius 1 is 1.16 bits per heavy atom. The number of ether oxygens (including phenoxy) is 1. The predicted octanol–water partition coefficient (Wildman–Crippen LogP) is 4.52. The van der Waals surface area contributed by atoms with Gasteiger partial charge in [0.1, 0.15) is 0 Å². The van der Waals surface area contributed by atoms with E-state index in [-0.39, 0.29) is 5.97 Å². The maximum atomic E-state index is 12.3. The van der Waals surface area contributed by atoms with Crippen LogP contribution < -0.4 is 4.90 Å². The summed E-state index contributed by atoms with van der Waals surface area (Å²) in [4.78, 5) is 17.0. The average Bonchev–Trinajstić information content (AvgIpc) is 2.58. The van der Waals surface area contributed by atoms with Crippen molar-refractivity contribution in [1.29, 1.82) is 0 Å². The summed E-state index contributed by atoms with van der Waals surface area (Å²) in [6.45, 7) is 7.25. The molecule has 0 radical (unpaired) electrons. The van der Waals surface area contributed by atoms with Gasteiger partial charge in [0, 0.05) is 29.3 Å². The molecule has 1 aromatic rings. The molecule has 5 heteroatoms. The Kier molecular flexibility index (Phi) is 7.14. The van der Waals surface area contributed by atoms with Crippen molar-refractivity contribution in [3.63, 3.8) is 0 Å². The largest absolute Gasteiger partial charge is 0.462 e. The number of esters is 1. The van der Waals surface area contributed by atoms with E-state index < -0.39 is 0 Å². The van der Waals surface area contributed by atoms with E-state index in [0.717, 1.165) is 30.6 Å². The van der Waals surface area contributed by atoms with Crippen LogP contribution in [0, 0.1) is 6.92 Å². The van der Waals surface area contributed by atoms with Crippen LogP contribution in [-0.2, 0) is 4.74 Å². The molecule has 4 nitrogen and oxygen atoms in total. The first-order valence-corrected chi connectivity index (χ1v) is 9.67. The summed E-state index contributed by atoms with van der Waals surface area (Å²) in [5.41, 5.74) is 2.59. The van der Waals surface area contributed by atoms with Gasteiger partial charge < -0.3 is 14.5 Å². The minimum atomic E-state index is -0.295. The number of halogens is 1. The highest BCUT2D eigenvalue weighted by Gasteiger charge is 2.28. The van der Waals surface area contributed by atoms with Gasteiger partial charge in [-0.2, -0.15) is 0 Å². The predicted molar refractivity (Wildman–Crippen MR) is 105 cm³/mol. The van der Waals surface area contributed by atoms with Gasteiger partial charge >= 0.3 is 5.97 Å². The molecule has 0 aromatic heterocycles. The Balaban J connectivity index is 2.27. The van der Waals surface area contributed by atoms with Crippen LogP contribution in [0.3, 0.4) is 0 Å². The number of nitrogens with zero attached hydrogens (tertiary/aromatic N) is 2. The molecule has 1 saturated carbocycles. The number of hydrogen-bond donors (Lipinski definition) is 0. The van der Waals surface area contributed by atoms with Crippen LogP contribution in [0.25, 0.3) is 0 Å². The molecule has 0 amide bonds. The highest BCUT2D eigenvalue weighted by molar-refractivity contribution is 6.31. The van der Waals surface area contributed by atoms with Gasteiger partial charge in [0.2, 0.25) is 0 Å². The quantitative estimate of drug-likeness (QED) is 0.693. The minimum Gasteiger partial charge on any atom is -0.462 e. The van der Waals surface area contributed by atoms with Gasteiger partial charge in [-0.3, -0.25) is 0 Å². The standard InChI is InChI=1S/C20H31ClN2O2/c1-6-23(17-10-8-16(9-11-17)22(4)5)19-13-15(21)12-18(14(19)3)20(24)25-7-2/h12-13,16-17H,6-11H2,1-5H3. The van der Waals surface area contributed by atoms with E-state index >= 15 is 0 Å². The second kappa shape index (κ2) is 8.91. The summed E-state index contributed by atoms with van der Waals surface area (Å²) >= 11 is 6.33. The fourth-order valence-electron chi connectivity index (χ4n) is 3.90. The molecular formula is C20H31ClN2O2. The Hall–Kier alpha value is -1.26. The fraction of sp³-hybridized carbons (Fsp3) is 0.650. The van der Waals surface area contributed by atoms with Crippen molar-refractivity contribution in [1.82, 2.24) is 4.90 Å². The van der Waals surface area contributed by atoms with Crippen LogP contribution in [0.4, 0.5) is 5.69 Å². The maximum Gasteiger partial charge on any atom is 0.338 e. The smallest absolute Gasteiger partial charge is 0.338 e. The molecule has 140 valence electrons. The van der Waals surface area contributed by atoms with Crippen molar-refractivity contribution >= 4 is 23.3 Å². The van der Waals surface area contributed by atoms with E-state index in [1.54, 1.807) is 6.07 Å². The Morgan fingerprint density at radius 3 is 2.28 bits per heavy atom. The molecule has 0 saturated heterocycles. The first kappa shape index (κ1) is 20.1. The van der Waals surface area contributed by atoms with Crippen molar-refractivity contribution < 1.29 is 9.53 Å². The molecule has 0 unspecified atom stereocenters. The number of hydrogen-bond acceptors (Lipinski definition) is 4. The summed E-state index contributed by atoms with van der Waals surface area (Å²) < 4.78 is 5.20. The van der Waals surface area contributed by atoms with Crippen molar-refractivity contribution in [3.8, 4) is 0 Å². The van der Waals surface area contributed by atoms with Gasteiger partial charge in [0.15, 0.2) is 0 Å². The Bertz CT molecular complexity index is 596. The summed E-state index contributed by atoms with van der Waals surface area (Å²) in [5, 5.41) is 0.587. The molecule has 0 aliphatic heterocycles. The number of anilines is 1. The van der Waals surface area contributed by atoms with Crippen LogP contribution in [0.5, 0.6) is 0 Å². The average molecular weight is 367 g/mol. The molecule has 0 atom stereocenters. The normalized spacial score (nSPS) is 20.6. The minimum absolute atomic E-state index is 0.295. The highest BCUT2D eigenvalue weighted by Crippen LogP contribution is 2.34. The van der Waals surface area contributed by atoms with E-state index in [9.17, 15) is 4.79 Å². The molecule has 1 fully saturated rings. The van der Waals surface area contributed by atoms with Gasteiger partial charge in [-0.05, 0) is 78.2 Å². The molecule has 1 aliphatic rings. The summed E-state index contributed by atoms with van der Waals surface area (Å²) in [6, 6.07) is 4.87. The third kappa shape index (κ3) is 4.68. The lowest BCUT2D eigenvalue weighted by Crippen LogP contribution is -2.42. The Labute approximate surface area is 157 Å². The lowest BCUT2D eigenvalue weighted by molar-refractivity contribution is 0.0525. The molecule has 0 heterocycles. The molecule has 0 spiro atoms. The fourth-order valence-corrected chi connectivity index (χ4v) is 4.11. The van der Waals surface area contributed by atoms with Gasteiger partial charge in [-0.1, -0.05) is 11.6 Å². The van der Waals surface area contributed by atoms with Crippen LogP contribution >= 0.6 is 11.6 Å². The monoisotopic (exact) mass is 366 g/mol. The van der Waals surface area contributed by atoms with E-state index in [0.29, 0.717) is 29.3 Å². The molecule has 1 aromatic carbocycles. The van der Waals surface area contributed by atoms with Gasteiger partial charge in [0.05, 0.1) is 12.2 Å².